The zero-order chi connectivity index (χ0) is 18.2. The van der Waals surface area contributed by atoms with Crippen LogP contribution < -0.4 is 10.6 Å². The van der Waals surface area contributed by atoms with Gasteiger partial charge in [0.05, 0.1) is 0 Å². The Labute approximate surface area is 152 Å². The Hall–Kier alpha value is -2.40. The van der Waals surface area contributed by atoms with Gasteiger partial charge in [-0.1, -0.05) is 37.6 Å². The number of rotatable bonds is 7. The maximum atomic E-state index is 12.2. The molecule has 0 spiro atoms. The van der Waals surface area contributed by atoms with Crippen molar-refractivity contribution in [3.63, 3.8) is 0 Å². The lowest BCUT2D eigenvalue weighted by Gasteiger charge is -2.09. The first-order valence-electron chi connectivity index (χ1n) is 8.22. The molecule has 0 atom stereocenters. The van der Waals surface area contributed by atoms with E-state index in [4.69, 9.17) is 11.6 Å². The van der Waals surface area contributed by atoms with Crippen molar-refractivity contribution in [3.05, 3.63) is 64.4 Å². The molecular formula is C19H22ClN3O2. The Kier molecular flexibility index (Phi) is 6.95. The number of hydrogen-bond acceptors (Lipinski definition) is 3. The fourth-order valence-electron chi connectivity index (χ4n) is 2.16. The van der Waals surface area contributed by atoms with Crippen LogP contribution >= 0.6 is 11.6 Å². The van der Waals surface area contributed by atoms with Crippen molar-refractivity contribution in [2.24, 2.45) is 5.92 Å². The molecular weight excluding hydrogens is 338 g/mol. The van der Waals surface area contributed by atoms with Crippen molar-refractivity contribution in [2.75, 3.05) is 13.1 Å². The van der Waals surface area contributed by atoms with E-state index in [0.29, 0.717) is 36.0 Å². The minimum absolute atomic E-state index is 0.202. The number of carbonyl (C=O) groups is 2. The predicted molar refractivity (Wildman–Crippen MR) is 98.9 cm³/mol. The van der Waals surface area contributed by atoms with Crippen molar-refractivity contribution in [3.8, 4) is 0 Å². The summed E-state index contributed by atoms with van der Waals surface area (Å²) in [5.41, 5.74) is 1.74. The number of carbonyl (C=O) groups excluding carboxylic acids is 2. The molecule has 5 nitrogen and oxygen atoms in total. The first-order valence-corrected chi connectivity index (χ1v) is 8.60. The molecule has 0 aliphatic rings. The third kappa shape index (κ3) is 6.19. The standard InChI is InChI=1S/C19H22ClN3O2/c1-13(2)12-23-18(24)15-8-10-21-17(11-15)19(25)22-9-7-14-3-5-16(20)6-4-14/h3-6,8,10-11,13H,7,9,12H2,1-2H3,(H,22,25)(H,23,24). The van der Waals surface area contributed by atoms with Crippen molar-refractivity contribution >= 4 is 23.4 Å². The summed E-state index contributed by atoms with van der Waals surface area (Å²) >= 11 is 5.85. The average molecular weight is 360 g/mol. The first-order chi connectivity index (χ1) is 12.0. The van der Waals surface area contributed by atoms with Gasteiger partial charge in [0, 0.05) is 29.9 Å². The topological polar surface area (TPSA) is 71.1 Å². The molecule has 6 heteroatoms. The molecule has 0 aliphatic carbocycles. The molecule has 1 aromatic carbocycles. The number of amides is 2. The molecule has 0 saturated heterocycles. The van der Waals surface area contributed by atoms with E-state index in [1.165, 1.54) is 12.3 Å². The first kappa shape index (κ1) is 18.9. The van der Waals surface area contributed by atoms with E-state index in [-0.39, 0.29) is 17.5 Å². The van der Waals surface area contributed by atoms with Crippen LogP contribution in [0.4, 0.5) is 0 Å². The largest absolute Gasteiger partial charge is 0.352 e. The molecule has 0 bridgehead atoms. The lowest BCUT2D eigenvalue weighted by molar-refractivity contribution is 0.0949. The number of nitrogens with one attached hydrogen (secondary N) is 2. The summed E-state index contributed by atoms with van der Waals surface area (Å²) in [4.78, 5) is 28.3. The Morgan fingerprint density at radius 3 is 2.48 bits per heavy atom. The number of aromatic nitrogens is 1. The van der Waals surface area contributed by atoms with E-state index in [2.05, 4.69) is 15.6 Å². The van der Waals surface area contributed by atoms with E-state index in [1.807, 2.05) is 38.1 Å². The van der Waals surface area contributed by atoms with E-state index in [0.717, 1.165) is 5.56 Å². The van der Waals surface area contributed by atoms with Gasteiger partial charge in [-0.25, -0.2) is 0 Å². The second-order valence-corrected chi connectivity index (χ2v) is 6.60. The van der Waals surface area contributed by atoms with Gasteiger partial charge in [-0.3, -0.25) is 14.6 Å². The quantitative estimate of drug-likeness (QED) is 0.798. The third-order valence-corrected chi connectivity index (χ3v) is 3.79. The van der Waals surface area contributed by atoms with E-state index in [9.17, 15) is 9.59 Å². The fraction of sp³-hybridized carbons (Fsp3) is 0.316. The lowest BCUT2D eigenvalue weighted by Crippen LogP contribution is -2.29. The van der Waals surface area contributed by atoms with Crippen LogP contribution in [0.3, 0.4) is 0 Å². The van der Waals surface area contributed by atoms with Crippen LogP contribution in [0.25, 0.3) is 0 Å². The highest BCUT2D eigenvalue weighted by Gasteiger charge is 2.11. The van der Waals surface area contributed by atoms with Crippen LogP contribution in [0, 0.1) is 5.92 Å². The fourth-order valence-corrected chi connectivity index (χ4v) is 2.28. The monoisotopic (exact) mass is 359 g/mol. The highest BCUT2D eigenvalue weighted by atomic mass is 35.5. The smallest absolute Gasteiger partial charge is 0.269 e. The number of benzene rings is 1. The molecule has 2 aromatic rings. The van der Waals surface area contributed by atoms with E-state index < -0.39 is 0 Å². The van der Waals surface area contributed by atoms with Crippen LogP contribution in [0.1, 0.15) is 40.3 Å². The number of pyridine rings is 1. The summed E-state index contributed by atoms with van der Waals surface area (Å²) in [6, 6.07) is 10.6. The summed E-state index contributed by atoms with van der Waals surface area (Å²) in [5, 5.41) is 6.32. The van der Waals surface area contributed by atoms with Gasteiger partial charge in [0.2, 0.25) is 0 Å². The van der Waals surface area contributed by atoms with E-state index >= 15 is 0 Å². The summed E-state index contributed by atoms with van der Waals surface area (Å²) in [7, 11) is 0. The van der Waals surface area contributed by atoms with Gasteiger partial charge in [0.25, 0.3) is 11.8 Å². The van der Waals surface area contributed by atoms with Gasteiger partial charge in [-0.15, -0.1) is 0 Å². The molecule has 0 unspecified atom stereocenters. The SMILES string of the molecule is CC(C)CNC(=O)c1ccnc(C(=O)NCCc2ccc(Cl)cc2)c1. The summed E-state index contributed by atoms with van der Waals surface area (Å²) in [6.07, 6.45) is 2.16. The van der Waals surface area contributed by atoms with Crippen LogP contribution in [0.15, 0.2) is 42.6 Å². The molecule has 2 N–H and O–H groups in total. The van der Waals surface area contributed by atoms with Crippen molar-refractivity contribution in [1.29, 1.82) is 0 Å². The summed E-state index contributed by atoms with van der Waals surface area (Å²) in [6.45, 7) is 5.11. The minimum Gasteiger partial charge on any atom is -0.352 e. The highest BCUT2D eigenvalue weighted by molar-refractivity contribution is 6.30. The van der Waals surface area contributed by atoms with Gasteiger partial charge in [-0.05, 0) is 42.2 Å². The molecule has 0 radical (unpaired) electrons. The average Bonchev–Trinajstić information content (AvgIpc) is 2.61. The second-order valence-electron chi connectivity index (χ2n) is 6.17. The Morgan fingerprint density at radius 2 is 1.80 bits per heavy atom. The zero-order valence-corrected chi connectivity index (χ0v) is 15.1. The Balaban J connectivity index is 1.89. The van der Waals surface area contributed by atoms with Gasteiger partial charge in [0.1, 0.15) is 5.69 Å². The lowest BCUT2D eigenvalue weighted by atomic mass is 10.1. The summed E-state index contributed by atoms with van der Waals surface area (Å²) in [5.74, 6) is -0.139. The van der Waals surface area contributed by atoms with Gasteiger partial charge in [0.15, 0.2) is 0 Å². The molecule has 1 heterocycles. The molecule has 0 fully saturated rings. The van der Waals surface area contributed by atoms with Gasteiger partial charge < -0.3 is 10.6 Å². The molecule has 132 valence electrons. The molecule has 2 rings (SSSR count). The normalized spacial score (nSPS) is 10.6. The van der Waals surface area contributed by atoms with Crippen LogP contribution in [-0.2, 0) is 6.42 Å². The van der Waals surface area contributed by atoms with Gasteiger partial charge in [-0.2, -0.15) is 0 Å². The van der Waals surface area contributed by atoms with Crippen LogP contribution in [-0.4, -0.2) is 29.9 Å². The van der Waals surface area contributed by atoms with Crippen LogP contribution in [0.5, 0.6) is 0 Å². The minimum atomic E-state index is -0.299. The van der Waals surface area contributed by atoms with Gasteiger partial charge >= 0.3 is 0 Å². The van der Waals surface area contributed by atoms with E-state index in [1.54, 1.807) is 6.07 Å². The Bertz CT molecular complexity index is 730. The maximum absolute atomic E-state index is 12.2. The number of halogens is 1. The second kappa shape index (κ2) is 9.18. The molecule has 25 heavy (non-hydrogen) atoms. The third-order valence-electron chi connectivity index (χ3n) is 3.54. The molecule has 0 saturated carbocycles. The molecule has 1 aromatic heterocycles. The van der Waals surface area contributed by atoms with Crippen molar-refractivity contribution in [2.45, 2.75) is 20.3 Å². The maximum Gasteiger partial charge on any atom is 0.269 e. The van der Waals surface area contributed by atoms with Crippen molar-refractivity contribution in [1.82, 2.24) is 15.6 Å². The zero-order valence-electron chi connectivity index (χ0n) is 14.4. The number of nitrogens with zero attached hydrogens (tertiary/aromatic N) is 1. The highest BCUT2D eigenvalue weighted by Crippen LogP contribution is 2.09. The summed E-state index contributed by atoms with van der Waals surface area (Å²) < 4.78 is 0. The predicted octanol–water partition coefficient (Wildman–Crippen LogP) is 3.09. The molecule has 2 amide bonds. The molecule has 0 aliphatic heterocycles. The van der Waals surface area contributed by atoms with Crippen LogP contribution in [0.2, 0.25) is 5.02 Å². The Morgan fingerprint density at radius 1 is 1.08 bits per heavy atom. The number of hydrogen-bond donors (Lipinski definition) is 2. The van der Waals surface area contributed by atoms with Crippen molar-refractivity contribution < 1.29 is 9.59 Å².